The Bertz CT molecular complexity index is 851. The van der Waals surface area contributed by atoms with Gasteiger partial charge in [0.15, 0.2) is 0 Å². The third kappa shape index (κ3) is 2.86. The van der Waals surface area contributed by atoms with Crippen LogP contribution in [0.15, 0.2) is 24.5 Å². The number of rotatable bonds is 4. The molecule has 0 spiro atoms. The quantitative estimate of drug-likeness (QED) is 0.794. The molecule has 0 unspecified atom stereocenters. The first-order chi connectivity index (χ1) is 11.0. The molecule has 2 heterocycles. The lowest BCUT2D eigenvalue weighted by atomic mass is 10.1. The van der Waals surface area contributed by atoms with Crippen LogP contribution >= 0.6 is 11.3 Å². The van der Waals surface area contributed by atoms with Gasteiger partial charge >= 0.3 is 0 Å². The number of H-pyrrole nitrogens is 1. The Morgan fingerprint density at radius 3 is 2.91 bits per heavy atom. The van der Waals surface area contributed by atoms with E-state index < -0.39 is 0 Å². The molecule has 1 atom stereocenters. The van der Waals surface area contributed by atoms with Crippen LogP contribution in [-0.4, -0.2) is 32.8 Å². The maximum Gasteiger partial charge on any atom is 0.254 e. The summed E-state index contributed by atoms with van der Waals surface area (Å²) in [7, 11) is 1.84. The van der Waals surface area contributed by atoms with Crippen molar-refractivity contribution in [3.05, 3.63) is 45.7 Å². The van der Waals surface area contributed by atoms with Gasteiger partial charge in [-0.1, -0.05) is 6.92 Å². The molecule has 0 bridgehead atoms. The van der Waals surface area contributed by atoms with Gasteiger partial charge in [-0.05, 0) is 38.5 Å². The van der Waals surface area contributed by atoms with Crippen LogP contribution in [0, 0.1) is 6.92 Å². The number of hydrogen-bond acceptors (Lipinski definition) is 4. The number of benzene rings is 1. The second-order valence-corrected chi connectivity index (χ2v) is 6.75. The molecular formula is C17H20N4OS. The molecule has 23 heavy (non-hydrogen) atoms. The minimum atomic E-state index is -0.00207. The third-order valence-electron chi connectivity index (χ3n) is 4.13. The number of fused-ring (bicyclic) bond motifs is 1. The highest BCUT2D eigenvalue weighted by Gasteiger charge is 2.23. The van der Waals surface area contributed by atoms with Crippen molar-refractivity contribution in [1.82, 2.24) is 19.9 Å². The van der Waals surface area contributed by atoms with E-state index in [0.29, 0.717) is 5.56 Å². The number of carbonyl (C=O) groups is 1. The maximum absolute atomic E-state index is 12.8. The van der Waals surface area contributed by atoms with E-state index in [0.717, 1.165) is 33.0 Å². The molecule has 1 amide bonds. The Morgan fingerprint density at radius 1 is 1.43 bits per heavy atom. The summed E-state index contributed by atoms with van der Waals surface area (Å²) in [4.78, 5) is 27.5. The van der Waals surface area contributed by atoms with E-state index in [1.54, 1.807) is 22.6 Å². The number of amides is 1. The molecular weight excluding hydrogens is 308 g/mol. The molecule has 6 heteroatoms. The summed E-state index contributed by atoms with van der Waals surface area (Å²) in [6.45, 7) is 6.16. The average Bonchev–Trinajstić information content (AvgIpc) is 3.17. The first-order valence-electron chi connectivity index (χ1n) is 7.67. The van der Waals surface area contributed by atoms with Crippen molar-refractivity contribution in [3.63, 3.8) is 0 Å². The number of aryl methyl sites for hydroxylation is 2. The number of nitrogens with zero attached hydrogens (tertiary/aromatic N) is 3. The van der Waals surface area contributed by atoms with Crippen LogP contribution in [0.5, 0.6) is 0 Å². The van der Waals surface area contributed by atoms with Crippen LogP contribution < -0.4 is 0 Å². The fourth-order valence-corrected chi connectivity index (χ4v) is 3.73. The maximum atomic E-state index is 12.8. The summed E-state index contributed by atoms with van der Waals surface area (Å²) in [6.07, 6.45) is 2.56. The fraction of sp³-hybridized carbons (Fsp3) is 0.353. The number of nitrogens with one attached hydrogen (secondary N) is 1. The molecule has 0 aliphatic heterocycles. The van der Waals surface area contributed by atoms with Gasteiger partial charge in [-0.3, -0.25) is 4.79 Å². The molecule has 0 aliphatic carbocycles. The number of imidazole rings is 1. The minimum Gasteiger partial charge on any atom is -0.345 e. The molecule has 0 aliphatic rings. The molecule has 0 saturated carbocycles. The third-order valence-corrected chi connectivity index (χ3v) is 5.60. The molecule has 120 valence electrons. The van der Waals surface area contributed by atoms with E-state index in [2.05, 4.69) is 21.9 Å². The number of aromatic nitrogens is 3. The zero-order valence-electron chi connectivity index (χ0n) is 13.8. The van der Waals surface area contributed by atoms with Crippen molar-refractivity contribution in [1.29, 1.82) is 0 Å². The average molecular weight is 328 g/mol. The predicted molar refractivity (Wildman–Crippen MR) is 92.8 cm³/mol. The van der Waals surface area contributed by atoms with Crippen LogP contribution in [0.4, 0.5) is 0 Å². The van der Waals surface area contributed by atoms with Crippen molar-refractivity contribution in [2.24, 2.45) is 0 Å². The number of carbonyl (C=O) groups excluding carboxylic acids is 1. The van der Waals surface area contributed by atoms with E-state index in [1.165, 1.54) is 0 Å². The SMILES string of the molecule is CCc1nc(C)c([C@@H](C)N(C)C(=O)c2ccc3nc[nH]c3c2)s1. The summed E-state index contributed by atoms with van der Waals surface area (Å²) in [6, 6.07) is 5.54. The molecule has 3 aromatic rings. The van der Waals surface area contributed by atoms with Gasteiger partial charge in [0.2, 0.25) is 0 Å². The molecule has 2 aromatic heterocycles. The Hall–Kier alpha value is -2.21. The zero-order valence-corrected chi connectivity index (χ0v) is 14.6. The predicted octanol–water partition coefficient (Wildman–Crippen LogP) is 3.72. The summed E-state index contributed by atoms with van der Waals surface area (Å²) in [5.74, 6) is -0.000140. The van der Waals surface area contributed by atoms with Crippen molar-refractivity contribution in [3.8, 4) is 0 Å². The van der Waals surface area contributed by atoms with Crippen LogP contribution in [0.3, 0.4) is 0 Å². The Kier molecular flexibility index (Phi) is 4.17. The summed E-state index contributed by atoms with van der Waals surface area (Å²) in [5.41, 5.74) is 3.42. The monoisotopic (exact) mass is 328 g/mol. The van der Waals surface area contributed by atoms with Crippen molar-refractivity contribution < 1.29 is 4.79 Å². The number of hydrogen-bond donors (Lipinski definition) is 1. The second-order valence-electron chi connectivity index (χ2n) is 5.64. The molecule has 3 rings (SSSR count). The van der Waals surface area contributed by atoms with E-state index in [9.17, 15) is 4.79 Å². The first kappa shape index (κ1) is 15.7. The highest BCUT2D eigenvalue weighted by Crippen LogP contribution is 2.29. The van der Waals surface area contributed by atoms with Crippen molar-refractivity contribution in [2.45, 2.75) is 33.2 Å². The summed E-state index contributed by atoms with van der Waals surface area (Å²) < 4.78 is 0. The van der Waals surface area contributed by atoms with Crippen LogP contribution in [0.25, 0.3) is 11.0 Å². The normalized spacial score (nSPS) is 12.5. The molecule has 0 radical (unpaired) electrons. The Balaban J connectivity index is 1.86. The fourth-order valence-electron chi connectivity index (χ4n) is 2.63. The lowest BCUT2D eigenvalue weighted by Gasteiger charge is -2.24. The van der Waals surface area contributed by atoms with Gasteiger partial charge in [0.05, 0.1) is 34.1 Å². The second kappa shape index (κ2) is 6.12. The van der Waals surface area contributed by atoms with E-state index >= 15 is 0 Å². The first-order valence-corrected chi connectivity index (χ1v) is 8.49. The minimum absolute atomic E-state index is 0.000140. The molecule has 1 aromatic carbocycles. The van der Waals surface area contributed by atoms with Crippen molar-refractivity contribution in [2.75, 3.05) is 7.05 Å². The Morgan fingerprint density at radius 2 is 2.22 bits per heavy atom. The highest BCUT2D eigenvalue weighted by molar-refractivity contribution is 7.11. The van der Waals surface area contributed by atoms with E-state index in [1.807, 2.05) is 39.1 Å². The van der Waals surface area contributed by atoms with Crippen LogP contribution in [0.1, 0.15) is 45.8 Å². The van der Waals surface area contributed by atoms with E-state index in [-0.39, 0.29) is 11.9 Å². The highest BCUT2D eigenvalue weighted by atomic mass is 32.1. The molecule has 0 saturated heterocycles. The number of aromatic amines is 1. The van der Waals surface area contributed by atoms with Gasteiger partial charge in [-0.2, -0.15) is 0 Å². The molecule has 5 nitrogen and oxygen atoms in total. The number of thiazole rings is 1. The van der Waals surface area contributed by atoms with Gasteiger partial charge in [-0.15, -0.1) is 11.3 Å². The van der Waals surface area contributed by atoms with Crippen LogP contribution in [-0.2, 0) is 6.42 Å². The Labute approximate surface area is 139 Å². The topological polar surface area (TPSA) is 61.9 Å². The zero-order chi connectivity index (χ0) is 16.6. The molecule has 1 N–H and O–H groups in total. The van der Waals surface area contributed by atoms with Gasteiger partial charge in [0.25, 0.3) is 5.91 Å². The lowest BCUT2D eigenvalue weighted by molar-refractivity contribution is 0.0744. The van der Waals surface area contributed by atoms with Gasteiger partial charge in [0, 0.05) is 17.5 Å². The largest absolute Gasteiger partial charge is 0.345 e. The summed E-state index contributed by atoms with van der Waals surface area (Å²) >= 11 is 1.69. The van der Waals surface area contributed by atoms with Gasteiger partial charge in [0.1, 0.15) is 0 Å². The van der Waals surface area contributed by atoms with Crippen molar-refractivity contribution >= 4 is 28.3 Å². The lowest BCUT2D eigenvalue weighted by Crippen LogP contribution is -2.29. The smallest absolute Gasteiger partial charge is 0.254 e. The van der Waals surface area contributed by atoms with Gasteiger partial charge < -0.3 is 9.88 Å². The van der Waals surface area contributed by atoms with Crippen LogP contribution in [0.2, 0.25) is 0 Å². The van der Waals surface area contributed by atoms with Gasteiger partial charge in [-0.25, -0.2) is 9.97 Å². The molecule has 0 fully saturated rings. The van der Waals surface area contributed by atoms with E-state index in [4.69, 9.17) is 0 Å². The summed E-state index contributed by atoms with van der Waals surface area (Å²) in [5, 5.41) is 1.11. The standard InChI is InChI=1S/C17H20N4OS/c1-5-15-20-10(2)16(23-15)11(3)21(4)17(22)12-6-7-13-14(8-12)19-9-18-13/h6-9,11H,5H2,1-4H3,(H,18,19)/t11-/m1/s1.